The fourth-order valence-electron chi connectivity index (χ4n) is 1.74. The highest BCUT2D eigenvalue weighted by Crippen LogP contribution is 2.40. The second kappa shape index (κ2) is 1.84. The summed E-state index contributed by atoms with van der Waals surface area (Å²) >= 11 is 0. The van der Waals surface area contributed by atoms with E-state index >= 15 is 0 Å². The third-order valence-electron chi connectivity index (χ3n) is 2.37. The molecule has 9 heavy (non-hydrogen) atoms. The van der Waals surface area contributed by atoms with Gasteiger partial charge in [-0.15, -0.1) is 6.58 Å². The molecular weight excluding hydrogens is 112 g/mol. The Morgan fingerprint density at radius 3 is 3.00 bits per heavy atom. The van der Waals surface area contributed by atoms with E-state index in [1.165, 1.54) is 19.3 Å². The second-order valence-electron chi connectivity index (χ2n) is 2.97. The molecule has 0 bridgehead atoms. The molecule has 0 N–H and O–H groups in total. The van der Waals surface area contributed by atoms with Crippen LogP contribution in [0.25, 0.3) is 0 Å². The van der Waals surface area contributed by atoms with Gasteiger partial charge in [0.2, 0.25) is 0 Å². The quantitative estimate of drug-likeness (QED) is 0.383. The molecule has 1 aliphatic carbocycles. The van der Waals surface area contributed by atoms with Crippen molar-refractivity contribution in [1.29, 1.82) is 0 Å². The Morgan fingerprint density at radius 2 is 2.33 bits per heavy atom. The highest BCUT2D eigenvalue weighted by atomic mass is 16.6. The Balaban J connectivity index is 2.00. The summed E-state index contributed by atoms with van der Waals surface area (Å²) in [5.41, 5.74) is 0. The van der Waals surface area contributed by atoms with Gasteiger partial charge in [0.15, 0.2) is 0 Å². The number of epoxide rings is 1. The highest BCUT2D eigenvalue weighted by Gasteiger charge is 2.45. The van der Waals surface area contributed by atoms with E-state index in [9.17, 15) is 0 Å². The van der Waals surface area contributed by atoms with Gasteiger partial charge in [-0.1, -0.05) is 12.5 Å². The summed E-state index contributed by atoms with van der Waals surface area (Å²) in [6, 6.07) is 0. The summed E-state index contributed by atoms with van der Waals surface area (Å²) in [7, 11) is 0. The molecule has 0 aromatic heterocycles. The van der Waals surface area contributed by atoms with Crippen LogP contribution in [-0.4, -0.2) is 12.2 Å². The molecule has 0 radical (unpaired) electrons. The largest absolute Gasteiger partial charge is 0.369 e. The van der Waals surface area contributed by atoms with Gasteiger partial charge in [-0.3, -0.25) is 0 Å². The normalized spacial score (nSPS) is 47.8. The monoisotopic (exact) mass is 124 g/mol. The SMILES string of the molecule is C=CC1CCCC2OC12. The molecule has 1 aliphatic heterocycles. The van der Waals surface area contributed by atoms with Gasteiger partial charge in [0.05, 0.1) is 12.2 Å². The number of hydrogen-bond acceptors (Lipinski definition) is 1. The molecule has 0 aromatic carbocycles. The Kier molecular flexibility index (Phi) is 1.12. The number of ether oxygens (including phenoxy) is 1. The molecule has 50 valence electrons. The molecule has 0 aromatic rings. The van der Waals surface area contributed by atoms with Crippen LogP contribution in [0.2, 0.25) is 0 Å². The van der Waals surface area contributed by atoms with Crippen molar-refractivity contribution < 1.29 is 4.74 Å². The maximum atomic E-state index is 5.41. The Bertz CT molecular complexity index is 131. The standard InChI is InChI=1S/C8H12O/c1-2-6-4-3-5-7-8(6)9-7/h2,6-8H,1,3-5H2. The lowest BCUT2D eigenvalue weighted by Gasteiger charge is -2.12. The zero-order valence-electron chi connectivity index (χ0n) is 5.55. The predicted molar refractivity (Wildman–Crippen MR) is 36.2 cm³/mol. The lowest BCUT2D eigenvalue weighted by Crippen LogP contribution is -2.13. The van der Waals surface area contributed by atoms with Gasteiger partial charge in [0.1, 0.15) is 0 Å². The topological polar surface area (TPSA) is 12.5 Å². The zero-order valence-corrected chi connectivity index (χ0v) is 5.55. The van der Waals surface area contributed by atoms with Crippen LogP contribution in [0.3, 0.4) is 0 Å². The van der Waals surface area contributed by atoms with Gasteiger partial charge in [-0.2, -0.15) is 0 Å². The maximum Gasteiger partial charge on any atom is 0.0904 e. The molecule has 3 unspecified atom stereocenters. The number of rotatable bonds is 1. The molecule has 2 rings (SSSR count). The second-order valence-corrected chi connectivity index (χ2v) is 2.97. The van der Waals surface area contributed by atoms with E-state index in [-0.39, 0.29) is 0 Å². The molecule has 1 saturated heterocycles. The van der Waals surface area contributed by atoms with Crippen LogP contribution in [0, 0.1) is 5.92 Å². The van der Waals surface area contributed by atoms with E-state index in [2.05, 4.69) is 6.58 Å². The zero-order chi connectivity index (χ0) is 6.27. The fraction of sp³-hybridized carbons (Fsp3) is 0.750. The fourth-order valence-corrected chi connectivity index (χ4v) is 1.74. The Hall–Kier alpha value is -0.300. The Labute approximate surface area is 55.7 Å². The van der Waals surface area contributed by atoms with E-state index in [1.54, 1.807) is 0 Å². The molecule has 1 saturated carbocycles. The number of hydrogen-bond donors (Lipinski definition) is 0. The average Bonchev–Trinajstić information content (AvgIpc) is 2.64. The van der Waals surface area contributed by atoms with E-state index in [0.717, 1.165) is 0 Å². The summed E-state index contributed by atoms with van der Waals surface area (Å²) in [6.45, 7) is 3.78. The summed E-state index contributed by atoms with van der Waals surface area (Å²) in [6.07, 6.45) is 7.14. The summed E-state index contributed by atoms with van der Waals surface area (Å²) < 4.78 is 5.41. The van der Waals surface area contributed by atoms with Crippen molar-refractivity contribution in [2.24, 2.45) is 5.92 Å². The van der Waals surface area contributed by atoms with Gasteiger partial charge >= 0.3 is 0 Å². The average molecular weight is 124 g/mol. The van der Waals surface area contributed by atoms with Crippen molar-refractivity contribution in [1.82, 2.24) is 0 Å². The molecule has 3 atom stereocenters. The van der Waals surface area contributed by atoms with E-state index < -0.39 is 0 Å². The smallest absolute Gasteiger partial charge is 0.0904 e. The first-order valence-corrected chi connectivity index (χ1v) is 3.70. The molecule has 1 heterocycles. The minimum absolute atomic E-state index is 0.566. The Morgan fingerprint density at radius 1 is 1.44 bits per heavy atom. The lowest BCUT2D eigenvalue weighted by molar-refractivity contribution is 0.351. The van der Waals surface area contributed by atoms with Crippen molar-refractivity contribution in [3.05, 3.63) is 12.7 Å². The van der Waals surface area contributed by atoms with Crippen LogP contribution >= 0.6 is 0 Å². The van der Waals surface area contributed by atoms with Crippen LogP contribution in [0.1, 0.15) is 19.3 Å². The van der Waals surface area contributed by atoms with E-state index in [1.807, 2.05) is 6.08 Å². The summed E-state index contributed by atoms with van der Waals surface area (Å²) in [4.78, 5) is 0. The van der Waals surface area contributed by atoms with Crippen molar-refractivity contribution in [2.45, 2.75) is 31.5 Å². The molecule has 1 heteroatoms. The third kappa shape index (κ3) is 0.799. The molecule has 1 nitrogen and oxygen atoms in total. The molecule has 0 amide bonds. The predicted octanol–water partition coefficient (Wildman–Crippen LogP) is 1.74. The molecule has 0 spiro atoms. The first-order chi connectivity index (χ1) is 4.42. The van der Waals surface area contributed by atoms with Crippen molar-refractivity contribution in [3.63, 3.8) is 0 Å². The third-order valence-corrected chi connectivity index (χ3v) is 2.37. The van der Waals surface area contributed by atoms with Gasteiger partial charge < -0.3 is 4.74 Å². The van der Waals surface area contributed by atoms with Crippen molar-refractivity contribution in [2.75, 3.05) is 0 Å². The minimum Gasteiger partial charge on any atom is -0.369 e. The molecule has 2 fully saturated rings. The first kappa shape index (κ1) is 5.48. The highest BCUT2D eigenvalue weighted by molar-refractivity contribution is 5.00. The van der Waals surface area contributed by atoms with Gasteiger partial charge in [-0.05, 0) is 12.8 Å². The van der Waals surface area contributed by atoms with E-state index in [0.29, 0.717) is 18.1 Å². The van der Waals surface area contributed by atoms with Crippen molar-refractivity contribution in [3.8, 4) is 0 Å². The molecular formula is C8H12O. The summed E-state index contributed by atoms with van der Waals surface area (Å²) in [5, 5.41) is 0. The molecule has 2 aliphatic rings. The van der Waals surface area contributed by atoms with Gasteiger partial charge in [0.25, 0.3) is 0 Å². The maximum absolute atomic E-state index is 5.41. The van der Waals surface area contributed by atoms with Crippen molar-refractivity contribution >= 4 is 0 Å². The van der Waals surface area contributed by atoms with E-state index in [4.69, 9.17) is 4.74 Å². The van der Waals surface area contributed by atoms with Crippen LogP contribution in [-0.2, 0) is 4.74 Å². The lowest BCUT2D eigenvalue weighted by atomic mass is 9.90. The van der Waals surface area contributed by atoms with Gasteiger partial charge in [0, 0.05) is 5.92 Å². The van der Waals surface area contributed by atoms with Crippen LogP contribution in [0.15, 0.2) is 12.7 Å². The van der Waals surface area contributed by atoms with Crippen LogP contribution < -0.4 is 0 Å². The van der Waals surface area contributed by atoms with Gasteiger partial charge in [-0.25, -0.2) is 0 Å². The van der Waals surface area contributed by atoms with Crippen LogP contribution in [0.5, 0.6) is 0 Å². The number of fused-ring (bicyclic) bond motifs is 1. The minimum atomic E-state index is 0.566. The van der Waals surface area contributed by atoms with Crippen LogP contribution in [0.4, 0.5) is 0 Å². The first-order valence-electron chi connectivity index (χ1n) is 3.70. The summed E-state index contributed by atoms with van der Waals surface area (Å²) in [5.74, 6) is 0.670.